The van der Waals surface area contributed by atoms with Crippen LogP contribution in [0.4, 0.5) is 13.2 Å². The number of hydrogen-bond acceptors (Lipinski definition) is 2. The van der Waals surface area contributed by atoms with Crippen molar-refractivity contribution < 1.29 is 17.9 Å². The van der Waals surface area contributed by atoms with Gasteiger partial charge in [0.1, 0.15) is 0 Å². The SMILES string of the molecule is CCOC(C(N)c1ccc(F)c(F)c1F)C(C)(C)C. The van der Waals surface area contributed by atoms with Crippen LogP contribution in [-0.2, 0) is 4.74 Å². The van der Waals surface area contributed by atoms with Gasteiger partial charge in [-0.25, -0.2) is 13.2 Å². The predicted octanol–water partition coefficient (Wildman–Crippen LogP) is 3.55. The molecule has 0 aliphatic heterocycles. The summed E-state index contributed by atoms with van der Waals surface area (Å²) in [5.41, 5.74) is 5.55. The van der Waals surface area contributed by atoms with Crippen molar-refractivity contribution in [3.05, 3.63) is 35.1 Å². The quantitative estimate of drug-likeness (QED) is 0.853. The van der Waals surface area contributed by atoms with Gasteiger partial charge in [0.15, 0.2) is 17.5 Å². The van der Waals surface area contributed by atoms with E-state index in [1.54, 1.807) is 6.92 Å². The topological polar surface area (TPSA) is 35.2 Å². The molecule has 1 aromatic rings. The average Bonchev–Trinajstić information content (AvgIpc) is 2.31. The van der Waals surface area contributed by atoms with Crippen molar-refractivity contribution in [2.24, 2.45) is 11.1 Å². The van der Waals surface area contributed by atoms with Gasteiger partial charge in [-0.15, -0.1) is 0 Å². The van der Waals surface area contributed by atoms with E-state index in [0.29, 0.717) is 6.61 Å². The zero-order valence-corrected chi connectivity index (χ0v) is 11.6. The van der Waals surface area contributed by atoms with Crippen LogP contribution in [0.25, 0.3) is 0 Å². The summed E-state index contributed by atoms with van der Waals surface area (Å²) in [6, 6.07) is 1.17. The van der Waals surface area contributed by atoms with Crippen molar-refractivity contribution in [3.63, 3.8) is 0 Å². The van der Waals surface area contributed by atoms with Crippen molar-refractivity contribution in [2.75, 3.05) is 6.61 Å². The standard InChI is InChI=1S/C14H20F3NO/c1-5-19-13(14(2,3)4)12(18)8-6-7-9(15)11(17)10(8)16/h6-7,12-13H,5,18H2,1-4H3. The first-order chi connectivity index (χ1) is 8.70. The molecule has 0 aliphatic carbocycles. The van der Waals surface area contributed by atoms with E-state index in [0.717, 1.165) is 12.1 Å². The second-order valence-electron chi connectivity index (χ2n) is 5.53. The van der Waals surface area contributed by atoms with Crippen molar-refractivity contribution in [1.82, 2.24) is 0 Å². The Balaban J connectivity index is 3.17. The summed E-state index contributed by atoms with van der Waals surface area (Å²) in [6.07, 6.45) is -0.503. The molecule has 0 amide bonds. The van der Waals surface area contributed by atoms with Crippen LogP contribution < -0.4 is 5.73 Å². The van der Waals surface area contributed by atoms with Crippen LogP contribution in [0.15, 0.2) is 12.1 Å². The summed E-state index contributed by atoms with van der Waals surface area (Å²) < 4.78 is 45.5. The van der Waals surface area contributed by atoms with Gasteiger partial charge in [0.2, 0.25) is 0 Å². The van der Waals surface area contributed by atoms with Crippen LogP contribution in [0, 0.1) is 22.9 Å². The first-order valence-electron chi connectivity index (χ1n) is 6.20. The molecule has 0 aliphatic rings. The van der Waals surface area contributed by atoms with E-state index in [2.05, 4.69) is 0 Å². The van der Waals surface area contributed by atoms with Gasteiger partial charge >= 0.3 is 0 Å². The molecule has 0 saturated carbocycles. The maximum atomic E-state index is 13.8. The molecular weight excluding hydrogens is 255 g/mol. The molecule has 108 valence electrons. The van der Waals surface area contributed by atoms with Crippen molar-refractivity contribution >= 4 is 0 Å². The lowest BCUT2D eigenvalue weighted by atomic mass is 9.82. The molecule has 19 heavy (non-hydrogen) atoms. The first-order valence-corrected chi connectivity index (χ1v) is 6.20. The van der Waals surface area contributed by atoms with E-state index in [-0.39, 0.29) is 11.0 Å². The Morgan fingerprint density at radius 3 is 2.21 bits per heavy atom. The Labute approximate surface area is 111 Å². The third-order valence-electron chi connectivity index (χ3n) is 2.95. The molecule has 2 atom stereocenters. The van der Waals surface area contributed by atoms with Crippen LogP contribution in [0.2, 0.25) is 0 Å². The first kappa shape index (κ1) is 16.0. The number of nitrogens with two attached hydrogens (primary N) is 1. The molecule has 1 rings (SSSR count). The second-order valence-corrected chi connectivity index (χ2v) is 5.53. The van der Waals surface area contributed by atoms with Crippen molar-refractivity contribution in [3.8, 4) is 0 Å². The molecular formula is C14H20F3NO. The van der Waals surface area contributed by atoms with Gasteiger partial charge in [-0.05, 0) is 18.4 Å². The monoisotopic (exact) mass is 275 g/mol. The number of halogens is 3. The Hall–Kier alpha value is -1.07. The minimum atomic E-state index is -1.50. The predicted molar refractivity (Wildman–Crippen MR) is 68.1 cm³/mol. The number of benzene rings is 1. The molecule has 0 bridgehead atoms. The highest BCUT2D eigenvalue weighted by Gasteiger charge is 2.34. The van der Waals surface area contributed by atoms with Gasteiger partial charge in [0, 0.05) is 12.2 Å². The Kier molecular flexibility index (Phi) is 4.98. The van der Waals surface area contributed by atoms with E-state index in [9.17, 15) is 13.2 Å². The van der Waals surface area contributed by atoms with Crippen molar-refractivity contribution in [2.45, 2.75) is 39.8 Å². The van der Waals surface area contributed by atoms with E-state index in [1.165, 1.54) is 0 Å². The fourth-order valence-corrected chi connectivity index (χ4v) is 2.03. The molecule has 2 nitrogen and oxygen atoms in total. The zero-order chi connectivity index (χ0) is 14.8. The molecule has 1 aromatic carbocycles. The van der Waals surface area contributed by atoms with Gasteiger partial charge in [0.25, 0.3) is 0 Å². The normalized spacial score (nSPS) is 15.4. The van der Waals surface area contributed by atoms with E-state index >= 15 is 0 Å². The van der Waals surface area contributed by atoms with Crippen LogP contribution in [0.5, 0.6) is 0 Å². The van der Waals surface area contributed by atoms with E-state index < -0.39 is 29.6 Å². The van der Waals surface area contributed by atoms with Crippen LogP contribution in [-0.4, -0.2) is 12.7 Å². The molecule has 0 spiro atoms. The van der Waals surface area contributed by atoms with Gasteiger partial charge in [0.05, 0.1) is 12.1 Å². The van der Waals surface area contributed by atoms with Crippen LogP contribution in [0.3, 0.4) is 0 Å². The highest BCUT2D eigenvalue weighted by atomic mass is 19.2. The highest BCUT2D eigenvalue weighted by Crippen LogP contribution is 2.33. The Bertz CT molecular complexity index is 443. The third-order valence-corrected chi connectivity index (χ3v) is 2.95. The minimum Gasteiger partial charge on any atom is -0.376 e. The minimum absolute atomic E-state index is 0.0766. The van der Waals surface area contributed by atoms with Gasteiger partial charge in [-0.3, -0.25) is 0 Å². The molecule has 0 fully saturated rings. The van der Waals surface area contributed by atoms with E-state index in [1.807, 2.05) is 20.8 Å². The van der Waals surface area contributed by atoms with E-state index in [4.69, 9.17) is 10.5 Å². The average molecular weight is 275 g/mol. The number of rotatable bonds is 4. The molecule has 0 saturated heterocycles. The molecule has 2 N–H and O–H groups in total. The lowest BCUT2D eigenvalue weighted by Gasteiger charge is -2.35. The van der Waals surface area contributed by atoms with Gasteiger partial charge in [-0.1, -0.05) is 26.8 Å². The van der Waals surface area contributed by atoms with Crippen LogP contribution in [0.1, 0.15) is 39.3 Å². The molecule has 0 aromatic heterocycles. The molecule has 5 heteroatoms. The number of hydrogen-bond donors (Lipinski definition) is 1. The number of ether oxygens (including phenoxy) is 1. The second kappa shape index (κ2) is 5.92. The highest BCUT2D eigenvalue weighted by molar-refractivity contribution is 5.24. The zero-order valence-electron chi connectivity index (χ0n) is 11.6. The fraction of sp³-hybridized carbons (Fsp3) is 0.571. The maximum absolute atomic E-state index is 13.8. The summed E-state index contributed by atoms with van der Waals surface area (Å²) in [4.78, 5) is 0. The van der Waals surface area contributed by atoms with Crippen LogP contribution >= 0.6 is 0 Å². The summed E-state index contributed by atoms with van der Waals surface area (Å²) >= 11 is 0. The summed E-state index contributed by atoms with van der Waals surface area (Å²) in [5.74, 6) is -3.98. The lowest BCUT2D eigenvalue weighted by molar-refractivity contribution is -0.0290. The molecule has 0 heterocycles. The summed E-state index contributed by atoms with van der Waals surface area (Å²) in [5, 5.41) is 0. The molecule has 0 radical (unpaired) electrons. The Morgan fingerprint density at radius 2 is 1.74 bits per heavy atom. The van der Waals surface area contributed by atoms with Gasteiger partial charge in [-0.2, -0.15) is 0 Å². The summed E-state index contributed by atoms with van der Waals surface area (Å²) in [6.45, 7) is 7.88. The molecule has 2 unspecified atom stereocenters. The summed E-state index contributed by atoms with van der Waals surface area (Å²) in [7, 11) is 0. The maximum Gasteiger partial charge on any atom is 0.194 e. The lowest BCUT2D eigenvalue weighted by Crippen LogP contribution is -2.40. The third kappa shape index (κ3) is 3.48. The largest absolute Gasteiger partial charge is 0.376 e. The fourth-order valence-electron chi connectivity index (χ4n) is 2.03. The van der Waals surface area contributed by atoms with Gasteiger partial charge < -0.3 is 10.5 Å². The van der Waals surface area contributed by atoms with Crippen molar-refractivity contribution in [1.29, 1.82) is 0 Å². The Morgan fingerprint density at radius 1 is 1.16 bits per heavy atom. The smallest absolute Gasteiger partial charge is 0.194 e.